The monoisotopic (exact) mass is 384 g/mol. The molecule has 7 nitrogen and oxygen atoms in total. The smallest absolute Gasteiger partial charge is 0.176 e. The predicted molar refractivity (Wildman–Crippen MR) is 106 cm³/mol. The summed E-state index contributed by atoms with van der Waals surface area (Å²) in [6.45, 7) is 5.01. The number of nitrogens with zero attached hydrogens (tertiary/aromatic N) is 3. The van der Waals surface area contributed by atoms with Crippen LogP contribution in [0, 0.1) is 0 Å². The Morgan fingerprint density at radius 2 is 2.04 bits per heavy atom. The maximum absolute atomic E-state index is 11.2. The quantitative estimate of drug-likeness (QED) is 0.792. The van der Waals surface area contributed by atoms with Gasteiger partial charge in [-0.3, -0.25) is 9.88 Å². The Morgan fingerprint density at radius 1 is 1.21 bits per heavy atom. The molecule has 4 heterocycles. The zero-order valence-electron chi connectivity index (χ0n) is 16.2. The molecule has 3 fully saturated rings. The van der Waals surface area contributed by atoms with E-state index in [1.165, 1.54) is 0 Å². The second-order valence-electron chi connectivity index (χ2n) is 8.14. The molecule has 28 heavy (non-hydrogen) atoms. The molecule has 7 heteroatoms. The summed E-state index contributed by atoms with van der Waals surface area (Å²) < 4.78 is 12.0. The SMILES string of the molecule is CN1CCN([C@H]2[C@@H]3OC[C@@H](O3)[C@@H](NCc3cnc4ccccc4c3)[C@@H]2O)CC1. The highest BCUT2D eigenvalue weighted by Crippen LogP contribution is 2.32. The molecule has 2 bridgehead atoms. The van der Waals surface area contributed by atoms with E-state index in [-0.39, 0.29) is 24.5 Å². The summed E-state index contributed by atoms with van der Waals surface area (Å²) >= 11 is 0. The van der Waals surface area contributed by atoms with Gasteiger partial charge in [0.2, 0.25) is 0 Å². The number of fused-ring (bicyclic) bond motifs is 3. The van der Waals surface area contributed by atoms with Crippen LogP contribution in [0.25, 0.3) is 10.9 Å². The fourth-order valence-electron chi connectivity index (χ4n) is 4.61. The van der Waals surface area contributed by atoms with Gasteiger partial charge in [-0.1, -0.05) is 18.2 Å². The van der Waals surface area contributed by atoms with E-state index in [1.807, 2.05) is 24.4 Å². The predicted octanol–water partition coefficient (Wildman–Crippen LogP) is 0.425. The van der Waals surface area contributed by atoms with Crippen LogP contribution in [-0.4, -0.2) is 90.3 Å². The summed E-state index contributed by atoms with van der Waals surface area (Å²) in [6.07, 6.45) is 0.932. The molecule has 150 valence electrons. The second-order valence-corrected chi connectivity index (χ2v) is 8.14. The van der Waals surface area contributed by atoms with Crippen molar-refractivity contribution in [2.24, 2.45) is 0 Å². The van der Waals surface area contributed by atoms with Gasteiger partial charge in [0.25, 0.3) is 0 Å². The number of pyridine rings is 1. The Kier molecular flexibility index (Phi) is 5.04. The van der Waals surface area contributed by atoms with Crippen molar-refractivity contribution in [3.63, 3.8) is 0 Å². The summed E-state index contributed by atoms with van der Waals surface area (Å²) in [6, 6.07) is 9.98. The highest BCUT2D eigenvalue weighted by molar-refractivity contribution is 5.78. The van der Waals surface area contributed by atoms with Crippen LogP contribution in [0.5, 0.6) is 0 Å². The standard InChI is InChI=1S/C21H28N4O3/c1-24-6-8-25(9-7-24)19-20(26)18(17-13-27-21(19)28-17)23-12-14-10-15-4-2-3-5-16(15)22-11-14/h2-5,10-11,17-21,23,26H,6-9,12-13H2,1H3/t17-,18-,19-,20+,21-/m1/s1. The number of hydrogen-bond donors (Lipinski definition) is 2. The minimum atomic E-state index is -0.525. The molecule has 5 rings (SSSR count). The van der Waals surface area contributed by atoms with E-state index >= 15 is 0 Å². The van der Waals surface area contributed by atoms with Crippen LogP contribution in [0.1, 0.15) is 5.56 Å². The highest BCUT2D eigenvalue weighted by atomic mass is 16.7. The van der Waals surface area contributed by atoms with Crippen molar-refractivity contribution in [2.45, 2.75) is 37.1 Å². The van der Waals surface area contributed by atoms with E-state index < -0.39 is 6.10 Å². The number of nitrogens with one attached hydrogen (secondary N) is 1. The number of para-hydroxylation sites is 1. The first-order valence-electron chi connectivity index (χ1n) is 10.1. The Labute approximate surface area is 165 Å². The van der Waals surface area contributed by atoms with Crippen LogP contribution in [0.4, 0.5) is 0 Å². The van der Waals surface area contributed by atoms with Crippen molar-refractivity contribution >= 4 is 10.9 Å². The maximum atomic E-state index is 11.2. The number of rotatable bonds is 4. The Hall–Kier alpha value is -1.61. The summed E-state index contributed by atoms with van der Waals surface area (Å²) in [4.78, 5) is 9.17. The van der Waals surface area contributed by atoms with Gasteiger partial charge >= 0.3 is 0 Å². The van der Waals surface area contributed by atoms with E-state index in [2.05, 4.69) is 39.3 Å². The average molecular weight is 384 g/mol. The second kappa shape index (κ2) is 7.67. The third-order valence-corrected chi connectivity index (χ3v) is 6.28. The van der Waals surface area contributed by atoms with Gasteiger partial charge in [0.05, 0.1) is 30.3 Å². The van der Waals surface area contributed by atoms with Crippen molar-refractivity contribution in [3.8, 4) is 0 Å². The first kappa shape index (κ1) is 18.4. The molecule has 0 spiro atoms. The zero-order valence-corrected chi connectivity index (χ0v) is 16.2. The number of aliphatic hydroxyl groups excluding tert-OH is 1. The van der Waals surface area contributed by atoms with Crippen LogP contribution in [-0.2, 0) is 16.0 Å². The summed E-state index contributed by atoms with van der Waals surface area (Å²) in [5, 5.41) is 15.8. The first-order chi connectivity index (χ1) is 13.7. The zero-order chi connectivity index (χ0) is 19.1. The lowest BCUT2D eigenvalue weighted by molar-refractivity contribution is -0.186. The molecule has 0 amide bonds. The van der Waals surface area contributed by atoms with E-state index in [4.69, 9.17) is 9.47 Å². The lowest BCUT2D eigenvalue weighted by atomic mass is 9.94. The molecule has 5 atom stereocenters. The summed E-state index contributed by atoms with van der Waals surface area (Å²) in [7, 11) is 2.13. The van der Waals surface area contributed by atoms with Crippen molar-refractivity contribution in [1.29, 1.82) is 0 Å². The van der Waals surface area contributed by atoms with E-state index in [9.17, 15) is 5.11 Å². The highest BCUT2D eigenvalue weighted by Gasteiger charge is 2.52. The minimum absolute atomic E-state index is 0.114. The van der Waals surface area contributed by atoms with Crippen molar-refractivity contribution in [2.75, 3.05) is 39.8 Å². The molecule has 1 aromatic heterocycles. The number of likely N-dealkylation sites (N-methyl/N-ethyl adjacent to an activating group) is 1. The number of aromatic nitrogens is 1. The van der Waals surface area contributed by atoms with E-state index in [0.717, 1.165) is 42.6 Å². The average Bonchev–Trinajstić information content (AvgIpc) is 3.14. The Balaban J connectivity index is 1.29. The van der Waals surface area contributed by atoms with Gasteiger partial charge in [-0.2, -0.15) is 0 Å². The number of ether oxygens (including phenoxy) is 2. The molecular weight excluding hydrogens is 356 g/mol. The Bertz CT molecular complexity index is 826. The number of piperazine rings is 1. The lowest BCUT2D eigenvalue weighted by Crippen LogP contribution is -2.66. The lowest BCUT2D eigenvalue weighted by Gasteiger charge is -2.46. The van der Waals surface area contributed by atoms with Crippen LogP contribution in [0.2, 0.25) is 0 Å². The van der Waals surface area contributed by atoms with Crippen LogP contribution < -0.4 is 5.32 Å². The summed E-state index contributed by atoms with van der Waals surface area (Å²) in [5.41, 5.74) is 2.09. The molecule has 0 radical (unpaired) electrons. The van der Waals surface area contributed by atoms with E-state index in [0.29, 0.717) is 13.2 Å². The molecule has 0 aliphatic carbocycles. The largest absolute Gasteiger partial charge is 0.390 e. The third-order valence-electron chi connectivity index (χ3n) is 6.28. The topological polar surface area (TPSA) is 70.1 Å². The van der Waals surface area contributed by atoms with E-state index in [1.54, 1.807) is 0 Å². The normalized spacial score (nSPS) is 34.1. The third kappa shape index (κ3) is 3.43. The van der Waals surface area contributed by atoms with Gasteiger partial charge in [-0.25, -0.2) is 0 Å². The van der Waals surface area contributed by atoms with Crippen LogP contribution in [0.3, 0.4) is 0 Å². The first-order valence-corrected chi connectivity index (χ1v) is 10.1. The van der Waals surface area contributed by atoms with Gasteiger partial charge in [-0.15, -0.1) is 0 Å². The Morgan fingerprint density at radius 3 is 2.89 bits per heavy atom. The number of aliphatic hydroxyl groups is 1. The molecule has 1 aromatic carbocycles. The molecule has 3 aliphatic heterocycles. The molecular formula is C21H28N4O3. The van der Waals surface area contributed by atoms with Crippen molar-refractivity contribution in [1.82, 2.24) is 20.1 Å². The van der Waals surface area contributed by atoms with Crippen LogP contribution >= 0.6 is 0 Å². The fraction of sp³-hybridized carbons (Fsp3) is 0.571. The molecule has 0 saturated carbocycles. The molecule has 2 N–H and O–H groups in total. The maximum Gasteiger partial charge on any atom is 0.176 e. The molecule has 2 aromatic rings. The molecule has 3 saturated heterocycles. The molecule has 3 aliphatic rings. The fourth-order valence-corrected chi connectivity index (χ4v) is 4.61. The van der Waals surface area contributed by atoms with Gasteiger partial charge in [0.15, 0.2) is 6.29 Å². The summed E-state index contributed by atoms with van der Waals surface area (Å²) in [5.74, 6) is 0. The van der Waals surface area contributed by atoms with Crippen LogP contribution in [0.15, 0.2) is 36.5 Å². The number of benzene rings is 1. The molecule has 0 unspecified atom stereocenters. The minimum Gasteiger partial charge on any atom is -0.390 e. The van der Waals surface area contributed by atoms with Crippen molar-refractivity contribution in [3.05, 3.63) is 42.1 Å². The van der Waals surface area contributed by atoms with Gasteiger partial charge in [0.1, 0.15) is 6.10 Å². The van der Waals surface area contributed by atoms with Gasteiger partial charge < -0.3 is 24.8 Å². The van der Waals surface area contributed by atoms with Crippen molar-refractivity contribution < 1.29 is 14.6 Å². The van der Waals surface area contributed by atoms with Gasteiger partial charge in [-0.05, 0) is 24.7 Å². The van der Waals surface area contributed by atoms with Gasteiger partial charge in [0, 0.05) is 44.3 Å². The number of hydrogen-bond acceptors (Lipinski definition) is 7.